The van der Waals surface area contributed by atoms with E-state index in [0.717, 1.165) is 94.3 Å². The molecule has 6 heteroatoms. The van der Waals surface area contributed by atoms with Crippen LogP contribution in [0.15, 0.2) is 241 Å². The topological polar surface area (TPSA) is 61.7 Å². The molecule has 14 rings (SSSR count). The highest BCUT2D eigenvalue weighted by atomic mass is 16.3. The van der Waals surface area contributed by atoms with Gasteiger partial charge in [0.05, 0.1) is 22.1 Å². The van der Waals surface area contributed by atoms with Crippen molar-refractivity contribution >= 4 is 65.6 Å². The average molecular weight is 882 g/mol. The number of rotatable bonds is 7. The Labute approximate surface area is 396 Å². The zero-order valence-corrected chi connectivity index (χ0v) is 37.2. The van der Waals surface area contributed by atoms with E-state index in [4.69, 9.17) is 19.4 Å². The first kappa shape index (κ1) is 38.8. The molecule has 10 aromatic carbocycles. The molecule has 14 aromatic rings. The summed E-state index contributed by atoms with van der Waals surface area (Å²) in [5.74, 6) is 1.93. The van der Waals surface area contributed by atoms with E-state index in [-0.39, 0.29) is 0 Å². The van der Waals surface area contributed by atoms with E-state index in [1.165, 1.54) is 21.5 Å². The van der Waals surface area contributed by atoms with Crippen molar-refractivity contribution in [1.29, 1.82) is 0 Å². The quantitative estimate of drug-likeness (QED) is 0.160. The molecule has 0 aliphatic heterocycles. The SMILES string of the molecule is c1ccc(-c2nc(-c3ccccc3)nc(-c3ccc(-c4ccc(-n5c6ccccc6c6cc(-c7cccc8c7oc7c8ccc8c9ccccc9n(-c9ccccc9)c87)ccc65)cc4)cc3)n2)cc1. The molecule has 0 N–H and O–H groups in total. The van der Waals surface area contributed by atoms with E-state index in [2.05, 4.69) is 185 Å². The first-order chi connectivity index (χ1) is 34.2. The van der Waals surface area contributed by atoms with Crippen LogP contribution >= 0.6 is 0 Å². The fraction of sp³-hybridized carbons (Fsp3) is 0. The summed E-state index contributed by atoms with van der Waals surface area (Å²) in [6, 6.07) is 83.3. The molecule has 0 radical (unpaired) electrons. The van der Waals surface area contributed by atoms with Crippen LogP contribution in [-0.2, 0) is 0 Å². The summed E-state index contributed by atoms with van der Waals surface area (Å²) in [6.45, 7) is 0. The van der Waals surface area contributed by atoms with Crippen LogP contribution in [-0.4, -0.2) is 24.1 Å². The van der Waals surface area contributed by atoms with Crippen molar-refractivity contribution in [3.63, 3.8) is 0 Å². The first-order valence-corrected chi connectivity index (χ1v) is 23.3. The normalized spacial score (nSPS) is 11.8. The number of furan rings is 1. The molecular formula is C63H39N5O. The maximum absolute atomic E-state index is 7.10. The van der Waals surface area contributed by atoms with Crippen LogP contribution in [0.5, 0.6) is 0 Å². The van der Waals surface area contributed by atoms with Crippen molar-refractivity contribution in [3.8, 4) is 67.8 Å². The van der Waals surface area contributed by atoms with Crippen molar-refractivity contribution in [3.05, 3.63) is 237 Å². The van der Waals surface area contributed by atoms with Gasteiger partial charge in [0.25, 0.3) is 0 Å². The Morgan fingerprint density at radius 3 is 1.38 bits per heavy atom. The number of para-hydroxylation sites is 4. The van der Waals surface area contributed by atoms with E-state index in [9.17, 15) is 0 Å². The molecule has 4 heterocycles. The minimum atomic E-state index is 0.637. The molecule has 0 atom stereocenters. The van der Waals surface area contributed by atoms with E-state index in [1.54, 1.807) is 0 Å². The third-order valence-electron chi connectivity index (χ3n) is 13.6. The smallest absolute Gasteiger partial charge is 0.164 e. The fourth-order valence-electron chi connectivity index (χ4n) is 10.3. The van der Waals surface area contributed by atoms with Gasteiger partial charge >= 0.3 is 0 Å². The van der Waals surface area contributed by atoms with Crippen LogP contribution in [0.25, 0.3) is 133 Å². The van der Waals surface area contributed by atoms with Gasteiger partial charge in [-0.3, -0.25) is 0 Å². The molecule has 4 aromatic heterocycles. The molecule has 0 amide bonds. The molecule has 0 saturated heterocycles. The summed E-state index contributed by atoms with van der Waals surface area (Å²) in [5, 5.41) is 6.98. The van der Waals surface area contributed by atoms with Gasteiger partial charge in [-0.1, -0.05) is 182 Å². The Morgan fingerprint density at radius 1 is 0.275 bits per heavy atom. The largest absolute Gasteiger partial charge is 0.453 e. The summed E-state index contributed by atoms with van der Waals surface area (Å²) < 4.78 is 11.8. The molecule has 322 valence electrons. The van der Waals surface area contributed by atoms with Gasteiger partial charge < -0.3 is 13.6 Å². The molecular weight excluding hydrogens is 843 g/mol. The van der Waals surface area contributed by atoms with Crippen LogP contribution in [0.4, 0.5) is 0 Å². The van der Waals surface area contributed by atoms with Gasteiger partial charge in [-0.25, -0.2) is 15.0 Å². The van der Waals surface area contributed by atoms with Gasteiger partial charge in [-0.05, 0) is 71.3 Å². The number of hydrogen-bond donors (Lipinski definition) is 0. The van der Waals surface area contributed by atoms with Gasteiger partial charge in [-0.2, -0.15) is 0 Å². The number of aromatic nitrogens is 5. The monoisotopic (exact) mass is 881 g/mol. The third-order valence-corrected chi connectivity index (χ3v) is 13.6. The van der Waals surface area contributed by atoms with E-state index in [0.29, 0.717) is 17.5 Å². The molecule has 0 fully saturated rings. The predicted octanol–water partition coefficient (Wildman–Crippen LogP) is 16.3. The number of benzene rings is 10. The summed E-state index contributed by atoms with van der Waals surface area (Å²) in [4.78, 5) is 14.7. The molecule has 0 aliphatic carbocycles. The van der Waals surface area contributed by atoms with Crippen molar-refractivity contribution in [2.45, 2.75) is 0 Å². The molecule has 0 unspecified atom stereocenters. The number of hydrogen-bond acceptors (Lipinski definition) is 4. The van der Waals surface area contributed by atoms with Gasteiger partial charge in [0.1, 0.15) is 5.58 Å². The summed E-state index contributed by atoms with van der Waals surface area (Å²) in [7, 11) is 0. The maximum Gasteiger partial charge on any atom is 0.164 e. The zero-order valence-electron chi connectivity index (χ0n) is 37.2. The summed E-state index contributed by atoms with van der Waals surface area (Å²) in [6.07, 6.45) is 0. The van der Waals surface area contributed by atoms with Crippen molar-refractivity contribution in [2.24, 2.45) is 0 Å². The Bertz CT molecular complexity index is 4210. The molecule has 6 nitrogen and oxygen atoms in total. The second-order valence-electron chi connectivity index (χ2n) is 17.6. The lowest BCUT2D eigenvalue weighted by Crippen LogP contribution is -2.00. The average Bonchev–Trinajstić information content (AvgIpc) is 4.09. The van der Waals surface area contributed by atoms with Crippen molar-refractivity contribution in [1.82, 2.24) is 24.1 Å². The molecule has 0 spiro atoms. The first-order valence-electron chi connectivity index (χ1n) is 23.3. The van der Waals surface area contributed by atoms with Crippen LogP contribution < -0.4 is 0 Å². The van der Waals surface area contributed by atoms with Gasteiger partial charge in [0.2, 0.25) is 0 Å². The van der Waals surface area contributed by atoms with Crippen LogP contribution in [0.3, 0.4) is 0 Å². The van der Waals surface area contributed by atoms with Gasteiger partial charge in [0, 0.05) is 65.9 Å². The second kappa shape index (κ2) is 15.6. The summed E-state index contributed by atoms with van der Waals surface area (Å²) >= 11 is 0. The second-order valence-corrected chi connectivity index (χ2v) is 17.6. The van der Waals surface area contributed by atoms with Crippen LogP contribution in [0.2, 0.25) is 0 Å². The molecule has 0 bridgehead atoms. The summed E-state index contributed by atoms with van der Waals surface area (Å²) in [5.41, 5.74) is 15.8. The molecule has 0 aliphatic rings. The van der Waals surface area contributed by atoms with Crippen molar-refractivity contribution < 1.29 is 4.42 Å². The van der Waals surface area contributed by atoms with Gasteiger partial charge in [0.15, 0.2) is 23.1 Å². The zero-order chi connectivity index (χ0) is 45.4. The lowest BCUT2D eigenvalue weighted by Gasteiger charge is -2.11. The molecule has 0 saturated carbocycles. The number of fused-ring (bicyclic) bond motifs is 10. The fourth-order valence-corrected chi connectivity index (χ4v) is 10.3. The molecule has 69 heavy (non-hydrogen) atoms. The third kappa shape index (κ3) is 6.30. The Balaban J connectivity index is 0.830. The lowest BCUT2D eigenvalue weighted by molar-refractivity contribution is 0.672. The minimum absolute atomic E-state index is 0.637. The standard InChI is InChI=1S/C63H39N5O/c1-4-15-42(16-5-1)61-64-62(43-17-6-2-7-18-43)66-63(65-61)44-29-27-40(28-30-44)41-31-34-47(35-32-41)67-55-25-12-11-22-50(55)54-39-45(33-38-57(54)67)48-23-14-24-52-53-37-36-51-49-21-10-13-26-56(49)68(46-19-8-3-9-20-46)58(51)60(53)69-59(48)52/h1-39H. The highest BCUT2D eigenvalue weighted by Crippen LogP contribution is 2.44. The predicted molar refractivity (Wildman–Crippen MR) is 283 cm³/mol. The maximum atomic E-state index is 7.10. The van der Waals surface area contributed by atoms with Crippen molar-refractivity contribution in [2.75, 3.05) is 0 Å². The lowest BCUT2D eigenvalue weighted by atomic mass is 10.00. The Morgan fingerprint density at radius 2 is 0.725 bits per heavy atom. The van der Waals surface area contributed by atoms with Gasteiger partial charge in [-0.15, -0.1) is 0 Å². The minimum Gasteiger partial charge on any atom is -0.453 e. The number of nitrogens with zero attached hydrogens (tertiary/aromatic N) is 5. The Kier molecular flexibility index (Phi) is 8.79. The highest BCUT2D eigenvalue weighted by molar-refractivity contribution is 6.23. The van der Waals surface area contributed by atoms with Crippen LogP contribution in [0, 0.1) is 0 Å². The van der Waals surface area contributed by atoms with E-state index in [1.807, 2.05) is 60.7 Å². The Hall–Kier alpha value is -9.39. The van der Waals surface area contributed by atoms with E-state index < -0.39 is 0 Å². The highest BCUT2D eigenvalue weighted by Gasteiger charge is 2.22. The van der Waals surface area contributed by atoms with E-state index >= 15 is 0 Å². The van der Waals surface area contributed by atoms with Crippen LogP contribution in [0.1, 0.15) is 0 Å².